The highest BCUT2D eigenvalue weighted by molar-refractivity contribution is 5.93. The van der Waals surface area contributed by atoms with Crippen LogP contribution in [0.4, 0.5) is 10.5 Å². The van der Waals surface area contributed by atoms with Crippen LogP contribution in [0.15, 0.2) is 24.3 Å². The summed E-state index contributed by atoms with van der Waals surface area (Å²) in [6.07, 6.45) is 0.488. The van der Waals surface area contributed by atoms with Gasteiger partial charge in [0.15, 0.2) is 0 Å². The molecule has 1 aliphatic heterocycles. The number of carbonyl (C=O) groups excluding carboxylic acids is 1. The van der Waals surface area contributed by atoms with Crippen LogP contribution in [0.25, 0.3) is 0 Å². The summed E-state index contributed by atoms with van der Waals surface area (Å²) in [6.45, 7) is 2.23. The zero-order valence-corrected chi connectivity index (χ0v) is 12.4. The molecular formula is C15H20N2O4. The van der Waals surface area contributed by atoms with Crippen molar-refractivity contribution in [1.29, 1.82) is 0 Å². The molecule has 1 aromatic rings. The molecule has 1 saturated heterocycles. The first kappa shape index (κ1) is 15.2. The molecule has 0 bridgehead atoms. The highest BCUT2D eigenvalue weighted by Crippen LogP contribution is 2.30. The number of para-hydroxylation sites is 2. The van der Waals surface area contributed by atoms with Gasteiger partial charge in [-0.1, -0.05) is 12.1 Å². The van der Waals surface area contributed by atoms with Crippen LogP contribution >= 0.6 is 0 Å². The molecule has 0 spiro atoms. The van der Waals surface area contributed by atoms with Gasteiger partial charge in [0, 0.05) is 19.6 Å². The molecule has 114 valence electrons. The molecule has 2 rings (SSSR count). The van der Waals surface area contributed by atoms with Gasteiger partial charge in [0.2, 0.25) is 0 Å². The molecule has 1 aromatic carbocycles. The summed E-state index contributed by atoms with van der Waals surface area (Å²) in [4.78, 5) is 26.8. The molecule has 6 nitrogen and oxygen atoms in total. The predicted molar refractivity (Wildman–Crippen MR) is 78.7 cm³/mol. The minimum Gasteiger partial charge on any atom is -0.495 e. The van der Waals surface area contributed by atoms with Crippen LogP contribution < -0.4 is 9.64 Å². The van der Waals surface area contributed by atoms with E-state index in [9.17, 15) is 9.59 Å². The fourth-order valence-electron chi connectivity index (χ4n) is 2.74. The Balaban J connectivity index is 2.18. The minimum absolute atomic E-state index is 0.212. The second-order valence-electron chi connectivity index (χ2n) is 5.18. The van der Waals surface area contributed by atoms with E-state index in [1.165, 1.54) is 4.90 Å². The van der Waals surface area contributed by atoms with Gasteiger partial charge in [-0.15, -0.1) is 0 Å². The average Bonchev–Trinajstić information content (AvgIpc) is 2.87. The number of urea groups is 1. The van der Waals surface area contributed by atoms with Gasteiger partial charge in [-0.25, -0.2) is 4.79 Å². The summed E-state index contributed by atoms with van der Waals surface area (Å²) in [6, 6.07) is 6.72. The van der Waals surface area contributed by atoms with Gasteiger partial charge < -0.3 is 14.7 Å². The number of aliphatic carboxylic acids is 1. The number of anilines is 1. The van der Waals surface area contributed by atoms with Gasteiger partial charge in [0.25, 0.3) is 0 Å². The van der Waals surface area contributed by atoms with Crippen LogP contribution in [0.2, 0.25) is 0 Å². The Morgan fingerprint density at radius 2 is 2.05 bits per heavy atom. The summed E-state index contributed by atoms with van der Waals surface area (Å²) < 4.78 is 5.26. The molecule has 2 atom stereocenters. The number of benzene rings is 1. The minimum atomic E-state index is -0.849. The topological polar surface area (TPSA) is 70.1 Å². The largest absolute Gasteiger partial charge is 0.495 e. The van der Waals surface area contributed by atoms with Crippen LogP contribution in [0.5, 0.6) is 5.75 Å². The van der Waals surface area contributed by atoms with E-state index in [0.717, 1.165) is 0 Å². The molecule has 2 unspecified atom stereocenters. The van der Waals surface area contributed by atoms with Crippen molar-refractivity contribution >= 4 is 17.7 Å². The molecule has 0 aliphatic carbocycles. The second kappa shape index (κ2) is 6.03. The Hall–Kier alpha value is -2.24. The summed E-state index contributed by atoms with van der Waals surface area (Å²) in [7, 11) is 3.22. The molecule has 1 fully saturated rings. The first-order chi connectivity index (χ1) is 9.97. The number of ether oxygens (including phenoxy) is 1. The van der Waals surface area contributed by atoms with E-state index in [0.29, 0.717) is 24.4 Å². The number of nitrogens with zero attached hydrogens (tertiary/aromatic N) is 2. The number of carboxylic acid groups (broad SMARTS) is 1. The third-order valence-electron chi connectivity index (χ3n) is 4.05. The molecule has 0 aromatic heterocycles. The Morgan fingerprint density at radius 3 is 2.62 bits per heavy atom. The fourth-order valence-corrected chi connectivity index (χ4v) is 2.74. The molecule has 21 heavy (non-hydrogen) atoms. The van der Waals surface area contributed by atoms with Crippen molar-refractivity contribution < 1.29 is 19.4 Å². The lowest BCUT2D eigenvalue weighted by molar-refractivity contribution is -0.142. The van der Waals surface area contributed by atoms with Gasteiger partial charge in [0.1, 0.15) is 5.75 Å². The Kier molecular flexibility index (Phi) is 4.35. The van der Waals surface area contributed by atoms with Crippen molar-refractivity contribution in [1.82, 2.24) is 4.90 Å². The number of hydrogen-bond acceptors (Lipinski definition) is 3. The normalized spacial score (nSPS) is 21.2. The van der Waals surface area contributed by atoms with Crippen molar-refractivity contribution in [3.05, 3.63) is 24.3 Å². The van der Waals surface area contributed by atoms with E-state index in [2.05, 4.69) is 0 Å². The van der Waals surface area contributed by atoms with Gasteiger partial charge >= 0.3 is 12.0 Å². The van der Waals surface area contributed by atoms with Crippen molar-refractivity contribution in [3.63, 3.8) is 0 Å². The number of hydrogen-bond donors (Lipinski definition) is 1. The molecule has 1 heterocycles. The van der Waals surface area contributed by atoms with E-state index in [4.69, 9.17) is 9.84 Å². The number of carboxylic acids is 1. The molecule has 1 aliphatic rings. The maximum atomic E-state index is 12.6. The van der Waals surface area contributed by atoms with Gasteiger partial charge in [-0.05, 0) is 25.5 Å². The summed E-state index contributed by atoms with van der Waals surface area (Å²) in [5.74, 6) is -0.743. The van der Waals surface area contributed by atoms with Gasteiger partial charge in [-0.2, -0.15) is 0 Å². The third kappa shape index (κ3) is 2.79. The van der Waals surface area contributed by atoms with Crippen molar-refractivity contribution in [2.75, 3.05) is 25.6 Å². The quantitative estimate of drug-likeness (QED) is 0.925. The lowest BCUT2D eigenvalue weighted by atomic mass is 10.0. The first-order valence-electron chi connectivity index (χ1n) is 6.87. The van der Waals surface area contributed by atoms with Crippen molar-refractivity contribution in [3.8, 4) is 5.75 Å². The molecule has 0 saturated carbocycles. The average molecular weight is 292 g/mol. The molecule has 0 radical (unpaired) electrons. The zero-order valence-electron chi connectivity index (χ0n) is 12.4. The predicted octanol–water partition coefficient (Wildman–Crippen LogP) is 2.05. The van der Waals surface area contributed by atoms with Crippen LogP contribution in [0.3, 0.4) is 0 Å². The Bertz CT molecular complexity index is 546. The third-order valence-corrected chi connectivity index (χ3v) is 4.05. The van der Waals surface area contributed by atoms with E-state index in [1.807, 2.05) is 12.1 Å². The first-order valence-corrected chi connectivity index (χ1v) is 6.87. The standard InChI is InChI=1S/C15H20N2O4/c1-10-11(14(18)19)8-9-17(10)15(20)16(2)12-6-4-5-7-13(12)21-3/h4-7,10-11H,8-9H2,1-3H3,(H,18,19). The summed E-state index contributed by atoms with van der Waals surface area (Å²) in [5, 5.41) is 9.15. The van der Waals surface area contributed by atoms with Crippen molar-refractivity contribution in [2.24, 2.45) is 5.92 Å². The number of amides is 2. The van der Waals surface area contributed by atoms with Crippen LogP contribution in [-0.4, -0.2) is 48.8 Å². The van der Waals surface area contributed by atoms with E-state index >= 15 is 0 Å². The SMILES string of the molecule is COc1ccccc1N(C)C(=O)N1CCC(C(=O)O)C1C. The number of methoxy groups -OCH3 is 1. The maximum absolute atomic E-state index is 12.6. The Labute approximate surface area is 123 Å². The lowest BCUT2D eigenvalue weighted by Gasteiger charge is -2.29. The highest BCUT2D eigenvalue weighted by atomic mass is 16.5. The number of rotatable bonds is 3. The summed E-state index contributed by atoms with van der Waals surface area (Å²) >= 11 is 0. The monoisotopic (exact) mass is 292 g/mol. The van der Waals surface area contributed by atoms with Crippen molar-refractivity contribution in [2.45, 2.75) is 19.4 Å². The number of carbonyl (C=O) groups is 2. The molecule has 6 heteroatoms. The van der Waals surface area contributed by atoms with Gasteiger partial charge in [-0.3, -0.25) is 9.69 Å². The Morgan fingerprint density at radius 1 is 1.38 bits per heavy atom. The molecular weight excluding hydrogens is 272 g/mol. The molecule has 2 amide bonds. The van der Waals surface area contributed by atoms with E-state index in [-0.39, 0.29) is 12.1 Å². The van der Waals surface area contributed by atoms with Gasteiger partial charge in [0.05, 0.1) is 18.7 Å². The molecule has 1 N–H and O–H groups in total. The van der Waals surface area contributed by atoms with E-state index in [1.54, 1.807) is 38.1 Å². The maximum Gasteiger partial charge on any atom is 0.324 e. The van der Waals surface area contributed by atoms with Crippen LogP contribution in [-0.2, 0) is 4.79 Å². The summed E-state index contributed by atoms with van der Waals surface area (Å²) in [5.41, 5.74) is 0.663. The smallest absolute Gasteiger partial charge is 0.324 e. The van der Waals surface area contributed by atoms with Crippen LogP contribution in [0.1, 0.15) is 13.3 Å². The lowest BCUT2D eigenvalue weighted by Crippen LogP contribution is -2.44. The van der Waals surface area contributed by atoms with E-state index < -0.39 is 11.9 Å². The highest BCUT2D eigenvalue weighted by Gasteiger charge is 2.39. The second-order valence-corrected chi connectivity index (χ2v) is 5.18. The fraction of sp³-hybridized carbons (Fsp3) is 0.467. The van der Waals surface area contributed by atoms with Crippen LogP contribution in [0, 0.1) is 5.92 Å². The number of likely N-dealkylation sites (tertiary alicyclic amines) is 1. The zero-order chi connectivity index (χ0) is 15.6.